The molecular formula is C27H22ClNO4. The number of halogens is 1. The number of nitrogens with zero attached hydrogens (tertiary/aromatic N) is 1. The first kappa shape index (κ1) is 21.3. The zero-order valence-electron chi connectivity index (χ0n) is 17.8. The molecule has 1 aliphatic carbocycles. The molecule has 1 amide bonds. The second kappa shape index (κ2) is 8.41. The third-order valence-electron chi connectivity index (χ3n) is 6.38. The number of ketones is 1. The van der Waals surface area contributed by atoms with Gasteiger partial charge in [0, 0.05) is 16.3 Å². The molecule has 33 heavy (non-hydrogen) atoms. The molecule has 0 radical (unpaired) electrons. The number of phenolic OH excluding ortho intramolecular Hbond substituents is 1. The van der Waals surface area contributed by atoms with Crippen molar-refractivity contribution in [3.63, 3.8) is 0 Å². The zero-order valence-corrected chi connectivity index (χ0v) is 18.5. The molecule has 6 heteroatoms. The fourth-order valence-corrected chi connectivity index (χ4v) is 4.83. The van der Waals surface area contributed by atoms with E-state index in [-0.39, 0.29) is 17.1 Å². The quantitative estimate of drug-likeness (QED) is 0.306. The predicted octanol–water partition coefficient (Wildman–Crippen LogP) is 5.55. The fourth-order valence-electron chi connectivity index (χ4n) is 4.71. The summed E-state index contributed by atoms with van der Waals surface area (Å²) < 4.78 is 0. The Labute approximate surface area is 196 Å². The van der Waals surface area contributed by atoms with E-state index in [4.69, 9.17) is 11.6 Å². The highest BCUT2D eigenvalue weighted by molar-refractivity contribution is 6.51. The van der Waals surface area contributed by atoms with E-state index in [0.717, 1.165) is 25.7 Å². The zero-order chi connectivity index (χ0) is 23.1. The van der Waals surface area contributed by atoms with E-state index in [2.05, 4.69) is 0 Å². The van der Waals surface area contributed by atoms with Gasteiger partial charge in [-0.05, 0) is 84.8 Å². The lowest BCUT2D eigenvalue weighted by Gasteiger charge is -2.25. The number of amides is 1. The first-order valence-electron chi connectivity index (χ1n) is 10.9. The molecule has 166 valence electrons. The van der Waals surface area contributed by atoms with E-state index in [9.17, 15) is 19.8 Å². The van der Waals surface area contributed by atoms with E-state index in [1.807, 2.05) is 18.2 Å². The van der Waals surface area contributed by atoms with Crippen molar-refractivity contribution in [3.05, 3.63) is 99.6 Å². The molecule has 0 spiro atoms. The minimum absolute atomic E-state index is 0.0244. The maximum atomic E-state index is 13.2. The Bertz CT molecular complexity index is 1280. The molecule has 0 saturated carbocycles. The van der Waals surface area contributed by atoms with Gasteiger partial charge in [0.1, 0.15) is 11.5 Å². The Kier molecular flexibility index (Phi) is 5.43. The number of aliphatic hydroxyl groups excluding tert-OH is 1. The second-order valence-electron chi connectivity index (χ2n) is 8.43. The number of phenols is 1. The molecule has 1 unspecified atom stereocenters. The van der Waals surface area contributed by atoms with Crippen molar-refractivity contribution in [1.82, 2.24) is 0 Å². The Hall–Kier alpha value is -3.57. The molecular weight excluding hydrogens is 438 g/mol. The third-order valence-corrected chi connectivity index (χ3v) is 6.63. The molecule has 5 rings (SSSR count). The normalized spacial score (nSPS) is 19.5. The lowest BCUT2D eigenvalue weighted by Crippen LogP contribution is -2.29. The summed E-state index contributed by atoms with van der Waals surface area (Å²) >= 11 is 6.02. The van der Waals surface area contributed by atoms with Crippen molar-refractivity contribution in [2.75, 3.05) is 4.90 Å². The van der Waals surface area contributed by atoms with Gasteiger partial charge in [0.05, 0.1) is 11.6 Å². The van der Waals surface area contributed by atoms with Crippen LogP contribution in [-0.4, -0.2) is 21.9 Å². The molecule has 2 N–H and O–H groups in total. The molecule has 0 aromatic heterocycles. The van der Waals surface area contributed by atoms with E-state index >= 15 is 0 Å². The number of Topliss-reactive ketones (excluding diaryl/α,β-unsaturated/α-hetero) is 1. The van der Waals surface area contributed by atoms with Crippen LogP contribution in [0.25, 0.3) is 5.76 Å². The SMILES string of the molecule is O=C1C(=O)N(c2ccc(Cl)cc2)C(c2ccc(O)cc2)/C1=C(/O)c1ccc2c(c1)CCCC2. The Morgan fingerprint density at radius 2 is 1.55 bits per heavy atom. The fraction of sp³-hybridized carbons (Fsp3) is 0.185. The summed E-state index contributed by atoms with van der Waals surface area (Å²) in [6.45, 7) is 0. The van der Waals surface area contributed by atoms with Crippen LogP contribution in [0, 0.1) is 0 Å². The van der Waals surface area contributed by atoms with Crippen LogP contribution in [0.15, 0.2) is 72.3 Å². The van der Waals surface area contributed by atoms with Gasteiger partial charge < -0.3 is 10.2 Å². The summed E-state index contributed by atoms with van der Waals surface area (Å²) in [7, 11) is 0. The maximum absolute atomic E-state index is 13.2. The van der Waals surface area contributed by atoms with Gasteiger partial charge in [-0.3, -0.25) is 14.5 Å². The lowest BCUT2D eigenvalue weighted by atomic mass is 9.88. The number of rotatable bonds is 3. The minimum Gasteiger partial charge on any atom is -0.508 e. The van der Waals surface area contributed by atoms with E-state index in [1.165, 1.54) is 28.2 Å². The highest BCUT2D eigenvalue weighted by Gasteiger charge is 2.47. The van der Waals surface area contributed by atoms with Crippen LogP contribution < -0.4 is 4.90 Å². The van der Waals surface area contributed by atoms with Gasteiger partial charge in [0.2, 0.25) is 0 Å². The highest BCUT2D eigenvalue weighted by Crippen LogP contribution is 2.43. The summed E-state index contributed by atoms with van der Waals surface area (Å²) in [6.07, 6.45) is 4.17. The molecule has 1 aliphatic heterocycles. The van der Waals surface area contributed by atoms with Gasteiger partial charge in [0.25, 0.3) is 11.7 Å². The van der Waals surface area contributed by atoms with Gasteiger partial charge in [-0.15, -0.1) is 0 Å². The Morgan fingerprint density at radius 3 is 2.24 bits per heavy atom. The topological polar surface area (TPSA) is 77.8 Å². The van der Waals surface area contributed by atoms with Crippen LogP contribution in [-0.2, 0) is 22.4 Å². The van der Waals surface area contributed by atoms with E-state index in [0.29, 0.717) is 21.8 Å². The lowest BCUT2D eigenvalue weighted by molar-refractivity contribution is -0.132. The second-order valence-corrected chi connectivity index (χ2v) is 8.86. The average Bonchev–Trinajstić information content (AvgIpc) is 3.10. The molecule has 2 aliphatic rings. The number of fused-ring (bicyclic) bond motifs is 1. The Morgan fingerprint density at radius 1 is 0.879 bits per heavy atom. The van der Waals surface area contributed by atoms with Crippen molar-refractivity contribution in [2.24, 2.45) is 0 Å². The summed E-state index contributed by atoms with van der Waals surface area (Å²) in [5.41, 5.74) is 4.06. The largest absolute Gasteiger partial charge is 0.508 e. The number of aliphatic hydroxyl groups is 1. The van der Waals surface area contributed by atoms with Crippen molar-refractivity contribution in [3.8, 4) is 5.75 Å². The first-order valence-corrected chi connectivity index (χ1v) is 11.3. The highest BCUT2D eigenvalue weighted by atomic mass is 35.5. The molecule has 0 bridgehead atoms. The number of aryl methyl sites for hydroxylation is 2. The van der Waals surface area contributed by atoms with Crippen molar-refractivity contribution in [1.29, 1.82) is 0 Å². The van der Waals surface area contributed by atoms with E-state index in [1.54, 1.807) is 36.4 Å². The number of hydrogen-bond donors (Lipinski definition) is 2. The molecule has 1 heterocycles. The molecule has 3 aromatic rings. The number of carbonyl (C=O) groups is 2. The van der Waals surface area contributed by atoms with Gasteiger partial charge in [-0.2, -0.15) is 0 Å². The molecule has 1 atom stereocenters. The van der Waals surface area contributed by atoms with Gasteiger partial charge >= 0.3 is 0 Å². The van der Waals surface area contributed by atoms with Crippen LogP contribution in [0.4, 0.5) is 5.69 Å². The van der Waals surface area contributed by atoms with E-state index < -0.39 is 17.7 Å². The molecule has 1 fully saturated rings. The smallest absolute Gasteiger partial charge is 0.300 e. The monoisotopic (exact) mass is 459 g/mol. The van der Waals surface area contributed by atoms with Crippen molar-refractivity contribution < 1.29 is 19.8 Å². The predicted molar refractivity (Wildman–Crippen MR) is 127 cm³/mol. The number of aromatic hydroxyl groups is 1. The molecule has 1 saturated heterocycles. The Balaban J connectivity index is 1.68. The minimum atomic E-state index is -0.845. The van der Waals surface area contributed by atoms with Gasteiger partial charge in [-0.1, -0.05) is 35.9 Å². The summed E-state index contributed by atoms with van der Waals surface area (Å²) in [5, 5.41) is 21.6. The molecule has 3 aromatic carbocycles. The number of benzene rings is 3. The standard InChI is InChI=1S/C27H22ClNO4/c28-20-9-11-21(12-10-20)29-24(17-7-13-22(30)14-8-17)23(26(32)27(29)33)25(31)19-6-5-16-3-1-2-4-18(16)15-19/h5-15,24,30-31H,1-4H2/b25-23-. The van der Waals surface area contributed by atoms with Crippen LogP contribution in [0.5, 0.6) is 5.75 Å². The summed E-state index contributed by atoms with van der Waals surface area (Å²) in [4.78, 5) is 27.8. The average molecular weight is 460 g/mol. The van der Waals surface area contributed by atoms with Crippen LogP contribution in [0.1, 0.15) is 41.1 Å². The van der Waals surface area contributed by atoms with Crippen LogP contribution >= 0.6 is 11.6 Å². The van der Waals surface area contributed by atoms with Crippen LogP contribution in [0.3, 0.4) is 0 Å². The number of hydrogen-bond acceptors (Lipinski definition) is 4. The molecule has 5 nitrogen and oxygen atoms in total. The van der Waals surface area contributed by atoms with Gasteiger partial charge in [-0.25, -0.2) is 0 Å². The number of carbonyl (C=O) groups excluding carboxylic acids is 2. The summed E-state index contributed by atoms with van der Waals surface area (Å²) in [6, 6.07) is 17.8. The third kappa shape index (κ3) is 3.79. The maximum Gasteiger partial charge on any atom is 0.300 e. The summed E-state index contributed by atoms with van der Waals surface area (Å²) in [5.74, 6) is -1.61. The van der Waals surface area contributed by atoms with Crippen molar-refractivity contribution in [2.45, 2.75) is 31.7 Å². The van der Waals surface area contributed by atoms with Crippen molar-refractivity contribution >= 4 is 34.7 Å². The van der Waals surface area contributed by atoms with Gasteiger partial charge in [0.15, 0.2) is 0 Å². The van der Waals surface area contributed by atoms with Crippen LogP contribution in [0.2, 0.25) is 5.02 Å². The first-order chi connectivity index (χ1) is 15.9. The number of anilines is 1.